The first kappa shape index (κ1) is 14.9. The molecule has 0 saturated carbocycles. The molecule has 0 spiro atoms. The van der Waals surface area contributed by atoms with Crippen molar-refractivity contribution >= 4 is 22.7 Å². The Morgan fingerprint density at radius 3 is 2.48 bits per heavy atom. The topological polar surface area (TPSA) is 97.5 Å². The quantitative estimate of drug-likeness (QED) is 0.880. The standard InChI is InChI=1S/C15H13NO4S/c16-14(17)13-7-2-1-4-11(13)9-21(20)12-6-3-5-10(8-12)15(18)19/h1-8H,9H2,(H2,16,17)(H,18,19). The monoisotopic (exact) mass is 303 g/mol. The second-order valence-electron chi connectivity index (χ2n) is 4.34. The first-order valence-electron chi connectivity index (χ1n) is 6.08. The Bertz CT molecular complexity index is 727. The van der Waals surface area contributed by atoms with Gasteiger partial charge in [-0.05, 0) is 29.8 Å². The highest BCUT2D eigenvalue weighted by Gasteiger charge is 2.13. The SMILES string of the molecule is NC(=O)c1ccccc1CS(=O)c1cccc(C(=O)O)c1. The lowest BCUT2D eigenvalue weighted by atomic mass is 10.1. The van der Waals surface area contributed by atoms with Gasteiger partial charge in [0.1, 0.15) is 0 Å². The molecule has 2 aromatic carbocycles. The number of carboxylic acid groups (broad SMARTS) is 1. The lowest BCUT2D eigenvalue weighted by Gasteiger charge is -2.07. The summed E-state index contributed by atoms with van der Waals surface area (Å²) in [6.45, 7) is 0. The maximum atomic E-state index is 12.3. The smallest absolute Gasteiger partial charge is 0.335 e. The molecule has 0 aliphatic carbocycles. The Labute approximate surface area is 123 Å². The zero-order chi connectivity index (χ0) is 15.4. The van der Waals surface area contributed by atoms with Crippen molar-refractivity contribution in [1.82, 2.24) is 0 Å². The van der Waals surface area contributed by atoms with E-state index in [1.54, 1.807) is 30.3 Å². The largest absolute Gasteiger partial charge is 0.478 e. The van der Waals surface area contributed by atoms with E-state index in [0.717, 1.165) is 0 Å². The lowest BCUT2D eigenvalue weighted by Crippen LogP contribution is -2.14. The van der Waals surface area contributed by atoms with Crippen molar-refractivity contribution in [3.8, 4) is 0 Å². The van der Waals surface area contributed by atoms with Gasteiger partial charge in [-0.25, -0.2) is 4.79 Å². The molecule has 1 unspecified atom stereocenters. The molecule has 5 nitrogen and oxygen atoms in total. The van der Waals surface area contributed by atoms with Crippen LogP contribution in [0.25, 0.3) is 0 Å². The highest BCUT2D eigenvalue weighted by molar-refractivity contribution is 7.84. The number of aromatic carboxylic acids is 1. The van der Waals surface area contributed by atoms with Crippen LogP contribution < -0.4 is 5.73 Å². The molecule has 3 N–H and O–H groups in total. The van der Waals surface area contributed by atoms with Crippen LogP contribution in [0.2, 0.25) is 0 Å². The van der Waals surface area contributed by atoms with E-state index in [9.17, 15) is 13.8 Å². The molecule has 0 bridgehead atoms. The third kappa shape index (κ3) is 3.55. The van der Waals surface area contributed by atoms with Gasteiger partial charge in [-0.2, -0.15) is 0 Å². The van der Waals surface area contributed by atoms with Crippen molar-refractivity contribution in [2.24, 2.45) is 5.73 Å². The van der Waals surface area contributed by atoms with E-state index in [2.05, 4.69) is 0 Å². The molecule has 1 amide bonds. The van der Waals surface area contributed by atoms with E-state index in [1.807, 2.05) is 0 Å². The van der Waals surface area contributed by atoms with Crippen molar-refractivity contribution in [2.45, 2.75) is 10.6 Å². The predicted octanol–water partition coefficient (Wildman–Crippen LogP) is 1.79. The summed E-state index contributed by atoms with van der Waals surface area (Å²) in [6.07, 6.45) is 0. The number of carbonyl (C=O) groups excluding carboxylic acids is 1. The van der Waals surface area contributed by atoms with Gasteiger partial charge in [-0.15, -0.1) is 0 Å². The van der Waals surface area contributed by atoms with Crippen LogP contribution in [0, 0.1) is 0 Å². The average molecular weight is 303 g/mol. The minimum atomic E-state index is -1.46. The van der Waals surface area contributed by atoms with Gasteiger partial charge >= 0.3 is 5.97 Å². The summed E-state index contributed by atoms with van der Waals surface area (Å²) >= 11 is 0. The molecule has 0 fully saturated rings. The van der Waals surface area contributed by atoms with Gasteiger partial charge in [0.05, 0.1) is 22.1 Å². The molecule has 2 aromatic rings. The van der Waals surface area contributed by atoms with Crippen LogP contribution in [0.5, 0.6) is 0 Å². The van der Waals surface area contributed by atoms with Gasteiger partial charge in [0.15, 0.2) is 0 Å². The van der Waals surface area contributed by atoms with Crippen LogP contribution >= 0.6 is 0 Å². The van der Waals surface area contributed by atoms with Crippen molar-refractivity contribution in [3.63, 3.8) is 0 Å². The maximum Gasteiger partial charge on any atom is 0.335 e. The summed E-state index contributed by atoms with van der Waals surface area (Å²) in [4.78, 5) is 22.6. The molecule has 6 heteroatoms. The van der Waals surface area contributed by atoms with E-state index < -0.39 is 22.7 Å². The minimum Gasteiger partial charge on any atom is -0.478 e. The first-order valence-corrected chi connectivity index (χ1v) is 7.40. The summed E-state index contributed by atoms with van der Waals surface area (Å²) in [5, 5.41) is 8.94. The Hall–Kier alpha value is -2.47. The molecule has 0 heterocycles. The highest BCUT2D eigenvalue weighted by Crippen LogP contribution is 2.17. The summed E-state index contributed by atoms with van der Waals surface area (Å²) in [5.74, 6) is -1.56. The normalized spacial score (nSPS) is 11.8. The van der Waals surface area contributed by atoms with Crippen LogP contribution in [0.15, 0.2) is 53.4 Å². The average Bonchev–Trinajstić information content (AvgIpc) is 2.47. The third-order valence-electron chi connectivity index (χ3n) is 2.91. The summed E-state index contributed by atoms with van der Waals surface area (Å²) < 4.78 is 12.3. The second-order valence-corrected chi connectivity index (χ2v) is 5.80. The molecule has 0 saturated heterocycles. The maximum absolute atomic E-state index is 12.3. The second kappa shape index (κ2) is 6.32. The minimum absolute atomic E-state index is 0.0732. The Morgan fingerprint density at radius 2 is 1.81 bits per heavy atom. The number of hydrogen-bond donors (Lipinski definition) is 2. The summed E-state index contributed by atoms with van der Waals surface area (Å²) in [6, 6.07) is 12.6. The Balaban J connectivity index is 2.28. The van der Waals surface area contributed by atoms with E-state index in [1.165, 1.54) is 18.2 Å². The van der Waals surface area contributed by atoms with Gasteiger partial charge in [-0.1, -0.05) is 24.3 Å². The highest BCUT2D eigenvalue weighted by atomic mass is 32.2. The van der Waals surface area contributed by atoms with Gasteiger partial charge in [0.2, 0.25) is 5.91 Å². The number of carbonyl (C=O) groups is 2. The van der Waals surface area contributed by atoms with Crippen molar-refractivity contribution in [3.05, 3.63) is 65.2 Å². The Morgan fingerprint density at radius 1 is 1.10 bits per heavy atom. The summed E-state index contributed by atoms with van der Waals surface area (Å²) in [5.41, 5.74) is 6.24. The molecule has 0 aromatic heterocycles. The molecule has 0 aliphatic heterocycles. The number of primary amides is 1. The van der Waals surface area contributed by atoms with Crippen LogP contribution in [0.4, 0.5) is 0 Å². The van der Waals surface area contributed by atoms with E-state index in [0.29, 0.717) is 16.0 Å². The number of hydrogen-bond acceptors (Lipinski definition) is 3. The van der Waals surface area contributed by atoms with Gasteiger partial charge in [0.25, 0.3) is 0 Å². The van der Waals surface area contributed by atoms with E-state index in [-0.39, 0.29) is 11.3 Å². The van der Waals surface area contributed by atoms with Crippen molar-refractivity contribution in [1.29, 1.82) is 0 Å². The molecule has 0 radical (unpaired) electrons. The third-order valence-corrected chi connectivity index (χ3v) is 4.27. The zero-order valence-corrected chi connectivity index (χ0v) is 11.8. The van der Waals surface area contributed by atoms with Crippen LogP contribution in [-0.4, -0.2) is 21.2 Å². The zero-order valence-electron chi connectivity index (χ0n) is 11.0. The molecule has 0 aliphatic rings. The van der Waals surface area contributed by atoms with Crippen LogP contribution in [-0.2, 0) is 16.6 Å². The fourth-order valence-corrected chi connectivity index (χ4v) is 3.07. The number of amides is 1. The molecule has 21 heavy (non-hydrogen) atoms. The molecular formula is C15H13NO4S. The number of nitrogens with two attached hydrogens (primary N) is 1. The summed E-state index contributed by atoms with van der Waals surface area (Å²) in [7, 11) is -1.46. The fourth-order valence-electron chi connectivity index (χ4n) is 1.88. The Kier molecular flexibility index (Phi) is 4.49. The number of benzene rings is 2. The van der Waals surface area contributed by atoms with Crippen LogP contribution in [0.3, 0.4) is 0 Å². The van der Waals surface area contributed by atoms with Crippen molar-refractivity contribution < 1.29 is 18.9 Å². The van der Waals surface area contributed by atoms with Gasteiger partial charge in [-0.3, -0.25) is 9.00 Å². The number of carboxylic acids is 1. The van der Waals surface area contributed by atoms with Gasteiger partial charge < -0.3 is 10.8 Å². The van der Waals surface area contributed by atoms with Crippen molar-refractivity contribution in [2.75, 3.05) is 0 Å². The molecule has 1 atom stereocenters. The van der Waals surface area contributed by atoms with Gasteiger partial charge in [0, 0.05) is 10.5 Å². The first-order chi connectivity index (χ1) is 9.99. The molecular weight excluding hydrogens is 290 g/mol. The van der Waals surface area contributed by atoms with Crippen LogP contribution in [0.1, 0.15) is 26.3 Å². The predicted molar refractivity (Wildman–Crippen MR) is 78.5 cm³/mol. The lowest BCUT2D eigenvalue weighted by molar-refractivity contribution is 0.0696. The van der Waals surface area contributed by atoms with E-state index in [4.69, 9.17) is 10.8 Å². The molecule has 2 rings (SSSR count). The van der Waals surface area contributed by atoms with E-state index >= 15 is 0 Å². The molecule has 108 valence electrons. The number of rotatable bonds is 5. The fraction of sp³-hybridized carbons (Fsp3) is 0.0667.